The van der Waals surface area contributed by atoms with Gasteiger partial charge in [-0.05, 0) is 39.2 Å². The summed E-state index contributed by atoms with van der Waals surface area (Å²) in [6, 6.07) is 0. The molecule has 1 unspecified atom stereocenters. The Balaban J connectivity index is 4.30. The molecule has 4 heteroatoms. The Morgan fingerprint density at radius 3 is 2.17 bits per heavy atom. The van der Waals surface area contributed by atoms with Gasteiger partial charge in [-0.25, -0.2) is 0 Å². The fourth-order valence-corrected chi connectivity index (χ4v) is 3.17. The molecule has 0 saturated heterocycles. The van der Waals surface area contributed by atoms with E-state index in [1.54, 1.807) is 0 Å². The van der Waals surface area contributed by atoms with E-state index in [4.69, 9.17) is 9.16 Å². The largest absolute Gasteiger partial charge is 0.466 e. The lowest BCUT2D eigenvalue weighted by atomic mass is 9.74. The summed E-state index contributed by atoms with van der Waals surface area (Å²) in [5, 5.41) is 0. The van der Waals surface area contributed by atoms with Crippen molar-refractivity contribution in [2.75, 3.05) is 12.8 Å². The van der Waals surface area contributed by atoms with Gasteiger partial charge < -0.3 is 9.16 Å². The summed E-state index contributed by atoms with van der Waals surface area (Å²) >= 11 is 0. The van der Waals surface area contributed by atoms with E-state index in [0.29, 0.717) is 12.8 Å². The summed E-state index contributed by atoms with van der Waals surface area (Å²) < 4.78 is 10.9. The van der Waals surface area contributed by atoms with Crippen LogP contribution < -0.4 is 0 Å². The van der Waals surface area contributed by atoms with Gasteiger partial charge in [0.05, 0.1) is 5.41 Å². The normalized spacial score (nSPS) is 14.4. The van der Waals surface area contributed by atoms with Gasteiger partial charge in [-0.1, -0.05) is 27.2 Å². The van der Waals surface area contributed by atoms with Crippen LogP contribution in [-0.4, -0.2) is 27.8 Å². The van der Waals surface area contributed by atoms with Crippen LogP contribution in [0.1, 0.15) is 54.4 Å². The fourth-order valence-electron chi connectivity index (χ4n) is 2.11. The third-order valence-corrected chi connectivity index (χ3v) is 4.87. The molecule has 0 aromatic rings. The Hall–Kier alpha value is -0.353. The van der Waals surface area contributed by atoms with Gasteiger partial charge in [0.2, 0.25) is 9.04 Å². The van der Waals surface area contributed by atoms with Crippen molar-refractivity contribution < 1.29 is 14.0 Å². The van der Waals surface area contributed by atoms with Crippen LogP contribution in [-0.2, 0) is 14.0 Å². The van der Waals surface area contributed by atoms with E-state index < -0.39 is 14.5 Å². The summed E-state index contributed by atoms with van der Waals surface area (Å²) in [4.78, 5) is 12.1. The first-order valence-electron chi connectivity index (χ1n) is 6.93. The molecule has 0 N–H and O–H groups in total. The monoisotopic (exact) mass is 274 g/mol. The lowest BCUT2D eigenvalue weighted by Crippen LogP contribution is -2.34. The number of hydrogen-bond acceptors (Lipinski definition) is 3. The average molecular weight is 274 g/mol. The molecule has 0 aliphatic carbocycles. The summed E-state index contributed by atoms with van der Waals surface area (Å²) in [6.07, 6.45) is 2.39. The van der Waals surface area contributed by atoms with Gasteiger partial charge >= 0.3 is 5.97 Å². The van der Waals surface area contributed by atoms with Crippen LogP contribution in [0, 0.1) is 10.8 Å². The first-order chi connectivity index (χ1) is 8.14. The number of rotatable bonds is 8. The minimum absolute atomic E-state index is 0.0944. The lowest BCUT2D eigenvalue weighted by molar-refractivity contribution is -0.154. The summed E-state index contributed by atoms with van der Waals surface area (Å²) in [5.41, 5.74) is -0.245. The Kier molecular flexibility index (Phi) is 7.15. The zero-order chi connectivity index (χ0) is 14.4. The molecular formula is C14H30O3Si. The van der Waals surface area contributed by atoms with E-state index in [1.165, 1.54) is 0 Å². The third kappa shape index (κ3) is 6.54. The van der Waals surface area contributed by atoms with Crippen LogP contribution in [0.4, 0.5) is 0 Å². The standard InChI is InChI=1S/C14H30O3Si/c1-8-13(3,4)10-14(5,6)12(15)16-11-18(7)17-9-2/h18H,8-11H2,1-7H3. The third-order valence-electron chi connectivity index (χ3n) is 3.33. The first-order valence-corrected chi connectivity index (χ1v) is 9.37. The minimum Gasteiger partial charge on any atom is -0.466 e. The topological polar surface area (TPSA) is 35.5 Å². The molecule has 18 heavy (non-hydrogen) atoms. The van der Waals surface area contributed by atoms with Gasteiger partial charge in [-0.3, -0.25) is 4.79 Å². The first kappa shape index (κ1) is 17.6. The van der Waals surface area contributed by atoms with Gasteiger partial charge in [0.1, 0.15) is 6.23 Å². The predicted molar refractivity (Wildman–Crippen MR) is 78.1 cm³/mol. The molecule has 0 saturated carbocycles. The van der Waals surface area contributed by atoms with Crippen molar-refractivity contribution in [3.8, 4) is 0 Å². The molecule has 108 valence electrons. The van der Waals surface area contributed by atoms with E-state index in [2.05, 4.69) is 27.3 Å². The van der Waals surface area contributed by atoms with Crippen LogP contribution >= 0.6 is 0 Å². The molecule has 0 rings (SSSR count). The van der Waals surface area contributed by atoms with E-state index in [0.717, 1.165) is 12.8 Å². The fraction of sp³-hybridized carbons (Fsp3) is 0.929. The lowest BCUT2D eigenvalue weighted by Gasteiger charge is -2.32. The highest BCUT2D eigenvalue weighted by Crippen LogP contribution is 2.36. The number of carbonyl (C=O) groups excluding carboxylic acids is 1. The van der Waals surface area contributed by atoms with Crippen molar-refractivity contribution in [2.24, 2.45) is 10.8 Å². The second kappa shape index (κ2) is 7.29. The van der Waals surface area contributed by atoms with E-state index in [1.807, 2.05) is 20.8 Å². The zero-order valence-corrected chi connectivity index (χ0v) is 14.3. The van der Waals surface area contributed by atoms with E-state index in [9.17, 15) is 4.79 Å². The summed E-state index contributed by atoms with van der Waals surface area (Å²) in [5.74, 6) is -0.0944. The van der Waals surface area contributed by atoms with Crippen LogP contribution in [0.2, 0.25) is 6.55 Å². The van der Waals surface area contributed by atoms with Crippen LogP contribution in [0.5, 0.6) is 0 Å². The molecule has 0 fully saturated rings. The molecular weight excluding hydrogens is 244 g/mol. The van der Waals surface area contributed by atoms with Crippen molar-refractivity contribution in [1.29, 1.82) is 0 Å². The highest BCUT2D eigenvalue weighted by atomic mass is 28.3. The van der Waals surface area contributed by atoms with Crippen molar-refractivity contribution in [3.63, 3.8) is 0 Å². The number of ether oxygens (including phenoxy) is 1. The Morgan fingerprint density at radius 2 is 1.72 bits per heavy atom. The van der Waals surface area contributed by atoms with Crippen LogP contribution in [0.3, 0.4) is 0 Å². The molecule has 0 amide bonds. The Labute approximate surface area is 114 Å². The van der Waals surface area contributed by atoms with Gasteiger partial charge in [0.15, 0.2) is 0 Å². The average Bonchev–Trinajstić information content (AvgIpc) is 2.25. The molecule has 0 aromatic carbocycles. The summed E-state index contributed by atoms with van der Waals surface area (Å²) in [6.45, 7) is 15.2. The molecule has 0 aliphatic rings. The highest BCUT2D eigenvalue weighted by Gasteiger charge is 2.35. The molecule has 3 nitrogen and oxygen atoms in total. The van der Waals surface area contributed by atoms with Crippen molar-refractivity contribution >= 4 is 15.0 Å². The molecule has 0 spiro atoms. The predicted octanol–water partition coefficient (Wildman–Crippen LogP) is 3.31. The molecule has 0 aromatic heterocycles. The van der Waals surface area contributed by atoms with E-state index in [-0.39, 0.29) is 11.4 Å². The molecule has 1 atom stereocenters. The van der Waals surface area contributed by atoms with Crippen molar-refractivity contribution in [1.82, 2.24) is 0 Å². The Morgan fingerprint density at radius 1 is 1.17 bits per heavy atom. The number of carbonyl (C=O) groups is 1. The second-order valence-electron chi connectivity index (χ2n) is 6.44. The van der Waals surface area contributed by atoms with Gasteiger partial charge in [0, 0.05) is 6.61 Å². The molecule has 0 heterocycles. The molecule has 0 bridgehead atoms. The van der Waals surface area contributed by atoms with Gasteiger partial charge in [-0.2, -0.15) is 0 Å². The van der Waals surface area contributed by atoms with Crippen LogP contribution in [0.15, 0.2) is 0 Å². The maximum atomic E-state index is 12.1. The SMILES string of the molecule is CCO[SiH](C)COC(=O)C(C)(C)CC(C)(C)CC. The summed E-state index contributed by atoms with van der Waals surface area (Å²) in [7, 11) is -1.33. The quantitative estimate of drug-likeness (QED) is 0.503. The number of hydrogen-bond donors (Lipinski definition) is 0. The maximum absolute atomic E-state index is 12.1. The van der Waals surface area contributed by atoms with Gasteiger partial charge in [-0.15, -0.1) is 0 Å². The number of esters is 1. The second-order valence-corrected chi connectivity index (χ2v) is 8.73. The van der Waals surface area contributed by atoms with E-state index >= 15 is 0 Å². The van der Waals surface area contributed by atoms with Crippen molar-refractivity contribution in [3.05, 3.63) is 0 Å². The highest BCUT2D eigenvalue weighted by molar-refractivity contribution is 6.50. The zero-order valence-electron chi connectivity index (χ0n) is 13.1. The molecule has 0 aliphatic heterocycles. The van der Waals surface area contributed by atoms with Gasteiger partial charge in [0.25, 0.3) is 0 Å². The van der Waals surface area contributed by atoms with Crippen LogP contribution in [0.25, 0.3) is 0 Å². The maximum Gasteiger partial charge on any atom is 0.311 e. The Bertz CT molecular complexity index is 262. The molecule has 0 radical (unpaired) electrons. The minimum atomic E-state index is -1.33. The van der Waals surface area contributed by atoms with Crippen molar-refractivity contribution in [2.45, 2.75) is 60.9 Å². The smallest absolute Gasteiger partial charge is 0.311 e.